The molecule has 2 aliphatic rings. The lowest BCUT2D eigenvalue weighted by Gasteiger charge is -2.27. The molecule has 0 aliphatic carbocycles. The Morgan fingerprint density at radius 3 is 0.664 bits per heavy atom. The highest BCUT2D eigenvalue weighted by molar-refractivity contribution is 5.76. The maximum absolute atomic E-state index is 12.6. The minimum Gasteiger partial charge on any atom is -0.352 e. The molecular formula is C107H228N18O9. The first-order chi connectivity index (χ1) is 61.1. The van der Waals surface area contributed by atoms with E-state index < -0.39 is 12.1 Å². The number of carbonyl (C=O) groups excluding carboxylic acids is 9. The van der Waals surface area contributed by atoms with Gasteiger partial charge in [0.2, 0.25) is 0 Å². The molecule has 0 aromatic carbocycles. The van der Waals surface area contributed by atoms with Crippen LogP contribution in [-0.2, 0) is 0 Å². The summed E-state index contributed by atoms with van der Waals surface area (Å²) in [5.74, 6) is 0. The van der Waals surface area contributed by atoms with Crippen LogP contribution in [0.4, 0.5) is 43.2 Å². The third-order valence-electron chi connectivity index (χ3n) is 21.3. The molecular weight excluding hydrogens is 1680 g/mol. The zero-order valence-corrected chi connectivity index (χ0v) is 95.5. The standard InChI is InChI=1S/C22H46N2O.2C14H28N2O.C12H26N2O.2C10H22N2O.C9H20N2O.2C8H18N2O/c1-20(2,3)13-10-16-23-19(25)24(17-11-14-21(4,5)6)18-12-15-22(7,8)9;2*1-14(2,3)9-8-10-15-13(17)16-11-6-4-5-7-12-16;1-6-14(7-2)11(15)13-10-8-9-12(3,4)5;1-10(2,3)7-6-8-11-9(13)12(4)5;1-5-11-9(13)12-8-6-7-10(2,3)4;1-9(2,3)6-5-7-11-8(12)10-4;2*1-8(2,3)5-4-6-10-7(9)11/h10-18H2,1-9H3,(H,23,25);2*4-12H2,1-3H3,(H,15,17);6-10H2,1-5H3,(H,13,15);6-8H2,1-5H3,(H,11,13);5-8H2,1-4H3,(H2,11,12,13);5-7H2,1-4H3,(H2,10,11,12);2*4-6H2,1-3H3,(H3,9,10,11). The Balaban J connectivity index is -0.000000274. The Kier molecular flexibility index (Phi) is 81.0. The van der Waals surface area contributed by atoms with E-state index in [4.69, 9.17) is 11.5 Å². The second-order valence-electron chi connectivity index (χ2n) is 50.2. The van der Waals surface area contributed by atoms with Gasteiger partial charge in [0, 0.05) is 139 Å². The highest BCUT2D eigenvalue weighted by Crippen LogP contribution is 2.28. The molecule has 0 saturated carbocycles. The van der Waals surface area contributed by atoms with E-state index in [1.165, 1.54) is 25.7 Å². The molecule has 134 heavy (non-hydrogen) atoms. The zero-order chi connectivity index (χ0) is 105. The number of nitrogens with one attached hydrogen (secondary N) is 11. The lowest BCUT2D eigenvalue weighted by Crippen LogP contribution is -2.42. The van der Waals surface area contributed by atoms with E-state index in [2.05, 4.69) is 287 Å². The quantitative estimate of drug-likeness (QED) is 0.0265. The monoisotopic (exact) mass is 1910 g/mol. The highest BCUT2D eigenvalue weighted by atomic mass is 16.2. The van der Waals surface area contributed by atoms with Crippen LogP contribution < -0.4 is 70.0 Å². The molecule has 15 N–H and O–H groups in total. The molecule has 2 fully saturated rings. The second-order valence-corrected chi connectivity index (χ2v) is 50.2. The highest BCUT2D eigenvalue weighted by Gasteiger charge is 2.23. The van der Waals surface area contributed by atoms with Crippen molar-refractivity contribution in [1.29, 1.82) is 0 Å². The summed E-state index contributed by atoms with van der Waals surface area (Å²) in [7, 11) is 5.12. The summed E-state index contributed by atoms with van der Waals surface area (Å²) < 4.78 is 0. The molecule has 0 radical (unpaired) electrons. The predicted octanol–water partition coefficient (Wildman–Crippen LogP) is 25.1. The van der Waals surface area contributed by atoms with Gasteiger partial charge in [0.15, 0.2) is 0 Å². The summed E-state index contributed by atoms with van der Waals surface area (Å²) >= 11 is 0. The van der Waals surface area contributed by atoms with Crippen LogP contribution in [0.1, 0.15) is 442 Å². The van der Waals surface area contributed by atoms with Crippen LogP contribution >= 0.6 is 0 Å². The number of likely N-dealkylation sites (tertiary alicyclic amines) is 2. The van der Waals surface area contributed by atoms with E-state index in [0.717, 1.165) is 265 Å². The van der Waals surface area contributed by atoms with Crippen LogP contribution in [-0.4, -0.2) is 218 Å². The van der Waals surface area contributed by atoms with E-state index in [1.54, 1.807) is 30.9 Å². The fourth-order valence-corrected chi connectivity index (χ4v) is 13.3. The summed E-state index contributed by atoms with van der Waals surface area (Å²) in [6.07, 6.45) is 33.8. The van der Waals surface area contributed by atoms with Gasteiger partial charge in [-0.3, -0.25) is 0 Å². The topological polar surface area (TPSA) is 354 Å². The molecule has 2 heterocycles. The van der Waals surface area contributed by atoms with Gasteiger partial charge in [0.25, 0.3) is 0 Å². The number of carbonyl (C=O) groups is 9. The van der Waals surface area contributed by atoms with Crippen molar-refractivity contribution < 1.29 is 43.2 Å². The van der Waals surface area contributed by atoms with Gasteiger partial charge in [0.1, 0.15) is 0 Å². The first-order valence-corrected chi connectivity index (χ1v) is 52.3. The smallest absolute Gasteiger partial charge is 0.317 e. The van der Waals surface area contributed by atoms with Gasteiger partial charge in [-0.05, 0) is 247 Å². The van der Waals surface area contributed by atoms with Crippen LogP contribution in [0, 0.1) is 59.6 Å². The van der Waals surface area contributed by atoms with Gasteiger partial charge in [-0.1, -0.05) is 254 Å². The number of amides is 18. The molecule has 2 saturated heterocycles. The average Bonchev–Trinajstić information content (AvgIpc) is 1.44. The average molecular weight is 1910 g/mol. The third kappa shape index (κ3) is 121. The van der Waals surface area contributed by atoms with Gasteiger partial charge in [-0.2, -0.15) is 0 Å². The number of hydrogen-bond donors (Lipinski definition) is 13. The first kappa shape index (κ1) is 140. The van der Waals surface area contributed by atoms with Crippen LogP contribution in [0.25, 0.3) is 0 Å². The maximum atomic E-state index is 12.6. The number of rotatable bonds is 36. The van der Waals surface area contributed by atoms with Crippen LogP contribution in [0.15, 0.2) is 0 Å². The molecule has 800 valence electrons. The Morgan fingerprint density at radius 1 is 0.254 bits per heavy atom. The fourth-order valence-electron chi connectivity index (χ4n) is 13.3. The maximum Gasteiger partial charge on any atom is 0.317 e. The van der Waals surface area contributed by atoms with Gasteiger partial charge < -0.3 is 94.5 Å². The van der Waals surface area contributed by atoms with Crippen LogP contribution in [0.2, 0.25) is 0 Å². The molecule has 18 amide bonds. The molecule has 0 unspecified atom stereocenters. The molecule has 2 aliphatic heterocycles. The lowest BCUT2D eigenvalue weighted by molar-refractivity contribution is 0.188. The molecule has 0 aromatic rings. The Hall–Kier alpha value is -6.57. The molecule has 0 spiro atoms. The van der Waals surface area contributed by atoms with Crippen molar-refractivity contribution in [2.75, 3.05) is 139 Å². The van der Waals surface area contributed by atoms with Crippen molar-refractivity contribution >= 4 is 54.3 Å². The molecule has 0 atom stereocenters. The van der Waals surface area contributed by atoms with Gasteiger partial charge in [-0.15, -0.1) is 0 Å². The van der Waals surface area contributed by atoms with Crippen molar-refractivity contribution in [3.05, 3.63) is 0 Å². The lowest BCUT2D eigenvalue weighted by atomic mass is 9.90. The zero-order valence-electron chi connectivity index (χ0n) is 95.5. The number of nitrogens with two attached hydrogens (primary N) is 2. The van der Waals surface area contributed by atoms with Gasteiger partial charge in [-0.25, -0.2) is 43.2 Å². The molecule has 0 bridgehead atoms. The predicted molar refractivity (Wildman–Crippen MR) is 576 cm³/mol. The van der Waals surface area contributed by atoms with Crippen LogP contribution in [0.3, 0.4) is 0 Å². The SMILES string of the molecule is CC(C)(C)CCCNC(=O)N(CCCC(C)(C)C)CCCC(C)(C)C.CC(C)(C)CCCNC(=O)N1CCCCCC1.CC(C)(C)CCCNC(=O)N1CCCCCC1.CC(C)(C)CCCNC(N)=O.CC(C)(C)CCCNC(N)=O.CCN(CC)C(=O)NCCCC(C)(C)C.CCNC(=O)NCCCC(C)(C)C.CN(C)C(=O)NCCCC(C)(C)C.CNC(=O)NCCCC(C)(C)C. The fraction of sp³-hybridized carbons (Fsp3) is 0.916. The number of hydrogen-bond acceptors (Lipinski definition) is 9. The summed E-state index contributed by atoms with van der Waals surface area (Å²) in [6, 6.07) is -0.556. The molecule has 27 heteroatoms. The van der Waals surface area contributed by atoms with Crippen molar-refractivity contribution in [2.24, 2.45) is 71.0 Å². The number of primary amides is 2. The number of urea groups is 9. The minimum atomic E-state index is -0.432. The summed E-state index contributed by atoms with van der Waals surface area (Å²) in [5.41, 5.74) is 13.7. The van der Waals surface area contributed by atoms with Crippen molar-refractivity contribution in [2.45, 2.75) is 442 Å². The minimum absolute atomic E-state index is 0.00564. The molecule has 27 nitrogen and oxygen atoms in total. The summed E-state index contributed by atoms with van der Waals surface area (Å²) in [6.45, 7) is 93.9. The van der Waals surface area contributed by atoms with E-state index in [-0.39, 0.29) is 42.2 Å². The van der Waals surface area contributed by atoms with E-state index in [1.807, 2.05) is 35.5 Å². The third-order valence-corrected chi connectivity index (χ3v) is 21.3. The van der Waals surface area contributed by atoms with Gasteiger partial charge in [0.05, 0.1) is 0 Å². The first-order valence-electron chi connectivity index (χ1n) is 52.3. The summed E-state index contributed by atoms with van der Waals surface area (Å²) in [4.78, 5) is 110. The normalized spacial score (nSPS) is 13.2. The number of nitrogens with zero attached hydrogens (tertiary/aromatic N) is 5. The second kappa shape index (κ2) is 77.3. The Morgan fingerprint density at radius 2 is 0.455 bits per heavy atom. The Labute approximate surface area is 827 Å². The van der Waals surface area contributed by atoms with E-state index in [9.17, 15) is 43.2 Å². The van der Waals surface area contributed by atoms with Crippen molar-refractivity contribution in [3.63, 3.8) is 0 Å². The van der Waals surface area contributed by atoms with Crippen LogP contribution in [0.5, 0.6) is 0 Å². The van der Waals surface area contributed by atoms with E-state index in [0.29, 0.717) is 79.2 Å². The molecule has 2 rings (SSSR count). The molecule has 0 aromatic heterocycles. The van der Waals surface area contributed by atoms with Gasteiger partial charge >= 0.3 is 54.3 Å². The van der Waals surface area contributed by atoms with Crippen molar-refractivity contribution in [3.8, 4) is 0 Å². The Bertz CT molecular complexity index is 2810. The van der Waals surface area contributed by atoms with E-state index >= 15 is 0 Å². The summed E-state index contributed by atoms with van der Waals surface area (Å²) in [5, 5.41) is 30.9. The van der Waals surface area contributed by atoms with Crippen molar-refractivity contribution in [1.82, 2.24) is 83.0 Å². The largest absolute Gasteiger partial charge is 0.352 e.